The fourth-order valence-electron chi connectivity index (χ4n) is 3.99. The average Bonchev–Trinajstić information content (AvgIpc) is 2.81. The third-order valence-electron chi connectivity index (χ3n) is 5.51. The van der Waals surface area contributed by atoms with Crippen molar-refractivity contribution < 1.29 is 0 Å². The monoisotopic (exact) mass is 386 g/mol. The second kappa shape index (κ2) is 8.30. The van der Waals surface area contributed by atoms with Crippen molar-refractivity contribution in [2.45, 2.75) is 12.8 Å². The third kappa shape index (κ3) is 3.85. The molecule has 0 saturated carbocycles. The zero-order valence-corrected chi connectivity index (χ0v) is 16.7. The molecule has 0 saturated heterocycles. The van der Waals surface area contributed by atoms with Crippen LogP contribution in [0.2, 0.25) is 0 Å². The van der Waals surface area contributed by atoms with E-state index >= 15 is 0 Å². The van der Waals surface area contributed by atoms with E-state index < -0.39 is 0 Å². The second-order valence-electron chi connectivity index (χ2n) is 7.46. The number of aromatic nitrogens is 2. The molecule has 5 rings (SSSR count). The fourth-order valence-corrected chi connectivity index (χ4v) is 3.99. The molecule has 3 aromatic carbocycles. The van der Waals surface area contributed by atoms with Gasteiger partial charge in [0.1, 0.15) is 6.33 Å². The SMILES string of the molecule is C(=Cc1cc(C=Cc2cccc3ccccc23)ncn1)C1=CCCc2ccccc21. The molecular weight excluding hydrogens is 364 g/mol. The fraction of sp³-hybridized carbons (Fsp3) is 0.0714. The van der Waals surface area contributed by atoms with Crippen LogP contribution in [0.4, 0.5) is 0 Å². The normalized spacial score (nSPS) is 13.7. The van der Waals surface area contributed by atoms with Gasteiger partial charge in [-0.1, -0.05) is 85.0 Å². The Morgan fingerprint density at radius 2 is 1.47 bits per heavy atom. The number of hydrogen-bond donors (Lipinski definition) is 0. The van der Waals surface area contributed by atoms with Gasteiger partial charge in [0.05, 0.1) is 11.4 Å². The van der Waals surface area contributed by atoms with Crippen molar-refractivity contribution in [2.75, 3.05) is 0 Å². The molecule has 4 aromatic rings. The van der Waals surface area contributed by atoms with Crippen molar-refractivity contribution in [1.82, 2.24) is 9.97 Å². The molecule has 0 radical (unpaired) electrons. The van der Waals surface area contributed by atoms with Gasteiger partial charge in [-0.3, -0.25) is 0 Å². The lowest BCUT2D eigenvalue weighted by Gasteiger charge is -2.14. The van der Waals surface area contributed by atoms with Crippen LogP contribution in [0.3, 0.4) is 0 Å². The first kappa shape index (κ1) is 18.3. The Hall–Kier alpha value is -3.78. The lowest BCUT2D eigenvalue weighted by atomic mass is 9.90. The first-order valence-electron chi connectivity index (χ1n) is 10.3. The Kier molecular flexibility index (Phi) is 5.05. The Balaban J connectivity index is 1.39. The summed E-state index contributed by atoms with van der Waals surface area (Å²) in [7, 11) is 0. The van der Waals surface area contributed by atoms with E-state index in [4.69, 9.17) is 0 Å². The maximum Gasteiger partial charge on any atom is 0.116 e. The molecule has 2 nitrogen and oxygen atoms in total. The van der Waals surface area contributed by atoms with E-state index in [1.807, 2.05) is 6.07 Å². The van der Waals surface area contributed by atoms with Gasteiger partial charge in [0.25, 0.3) is 0 Å². The first-order valence-corrected chi connectivity index (χ1v) is 10.3. The van der Waals surface area contributed by atoms with Crippen molar-refractivity contribution in [3.8, 4) is 0 Å². The van der Waals surface area contributed by atoms with E-state index in [2.05, 4.69) is 107 Å². The highest BCUT2D eigenvalue weighted by Crippen LogP contribution is 2.27. The van der Waals surface area contributed by atoms with Gasteiger partial charge in [0.15, 0.2) is 0 Å². The molecule has 0 fully saturated rings. The Morgan fingerprint density at radius 3 is 2.40 bits per heavy atom. The molecule has 1 aliphatic rings. The van der Waals surface area contributed by atoms with E-state index in [-0.39, 0.29) is 0 Å². The molecule has 2 heteroatoms. The molecule has 1 aliphatic carbocycles. The average molecular weight is 386 g/mol. The highest BCUT2D eigenvalue weighted by Gasteiger charge is 2.09. The van der Waals surface area contributed by atoms with Gasteiger partial charge in [-0.25, -0.2) is 9.97 Å². The predicted octanol–water partition coefficient (Wildman–Crippen LogP) is 6.84. The van der Waals surface area contributed by atoms with Gasteiger partial charge in [-0.15, -0.1) is 0 Å². The Labute approximate surface area is 177 Å². The number of rotatable bonds is 4. The molecule has 0 aliphatic heterocycles. The lowest BCUT2D eigenvalue weighted by molar-refractivity contribution is 0.979. The van der Waals surface area contributed by atoms with Crippen LogP contribution < -0.4 is 0 Å². The van der Waals surface area contributed by atoms with Crippen LogP contribution in [-0.2, 0) is 6.42 Å². The summed E-state index contributed by atoms with van der Waals surface area (Å²) in [6, 6.07) is 25.4. The molecular formula is C28H22N2. The molecule has 30 heavy (non-hydrogen) atoms. The topological polar surface area (TPSA) is 25.8 Å². The summed E-state index contributed by atoms with van der Waals surface area (Å²) < 4.78 is 0. The van der Waals surface area contributed by atoms with E-state index in [1.165, 1.54) is 33.0 Å². The number of benzene rings is 3. The van der Waals surface area contributed by atoms with E-state index in [9.17, 15) is 0 Å². The highest BCUT2D eigenvalue weighted by molar-refractivity contribution is 5.92. The van der Waals surface area contributed by atoms with Crippen molar-refractivity contribution >= 4 is 34.6 Å². The minimum Gasteiger partial charge on any atom is -0.237 e. The van der Waals surface area contributed by atoms with Gasteiger partial charge in [0.2, 0.25) is 0 Å². The highest BCUT2D eigenvalue weighted by atomic mass is 14.8. The van der Waals surface area contributed by atoms with Crippen LogP contribution in [-0.4, -0.2) is 9.97 Å². The summed E-state index contributed by atoms with van der Waals surface area (Å²) in [4.78, 5) is 8.84. The number of nitrogens with zero attached hydrogens (tertiary/aromatic N) is 2. The molecule has 0 unspecified atom stereocenters. The minimum atomic E-state index is 0.899. The zero-order valence-electron chi connectivity index (χ0n) is 16.7. The summed E-state index contributed by atoms with van der Waals surface area (Å²) in [6.45, 7) is 0. The van der Waals surface area contributed by atoms with Crippen LogP contribution in [0, 0.1) is 0 Å². The summed E-state index contributed by atoms with van der Waals surface area (Å²) in [5, 5.41) is 2.49. The largest absolute Gasteiger partial charge is 0.237 e. The first-order chi connectivity index (χ1) is 14.9. The molecule has 1 heterocycles. The zero-order chi connectivity index (χ0) is 20.2. The molecule has 144 valence electrons. The lowest BCUT2D eigenvalue weighted by Crippen LogP contribution is -1.97. The van der Waals surface area contributed by atoms with Crippen LogP contribution in [0.25, 0.3) is 34.6 Å². The van der Waals surface area contributed by atoms with Gasteiger partial charge >= 0.3 is 0 Å². The van der Waals surface area contributed by atoms with Crippen molar-refractivity contribution in [3.63, 3.8) is 0 Å². The molecule has 1 aromatic heterocycles. The number of fused-ring (bicyclic) bond motifs is 2. The van der Waals surface area contributed by atoms with Gasteiger partial charge in [0, 0.05) is 0 Å². The third-order valence-corrected chi connectivity index (χ3v) is 5.51. The Morgan fingerprint density at radius 1 is 0.700 bits per heavy atom. The Bertz CT molecular complexity index is 1290. The second-order valence-corrected chi connectivity index (χ2v) is 7.46. The standard InChI is InChI=1S/C28H22N2/c1-3-13-27-21(7-1)9-5-11-23(27)15-17-25-19-26(30-20-29-25)18-16-24-12-6-10-22-8-2-4-14-28(22)24/h1-5,7-9,11-20H,6,10H2. The molecule has 0 spiro atoms. The number of aryl methyl sites for hydroxylation is 1. The summed E-state index contributed by atoms with van der Waals surface area (Å²) in [5.74, 6) is 0. The van der Waals surface area contributed by atoms with Crippen LogP contribution >= 0.6 is 0 Å². The summed E-state index contributed by atoms with van der Waals surface area (Å²) >= 11 is 0. The van der Waals surface area contributed by atoms with Gasteiger partial charge < -0.3 is 0 Å². The van der Waals surface area contributed by atoms with Crippen molar-refractivity contribution in [2.24, 2.45) is 0 Å². The van der Waals surface area contributed by atoms with Crippen LogP contribution in [0.1, 0.15) is 34.5 Å². The maximum absolute atomic E-state index is 4.43. The quantitative estimate of drug-likeness (QED) is 0.383. The number of allylic oxidation sites excluding steroid dienone is 3. The maximum atomic E-state index is 4.43. The van der Waals surface area contributed by atoms with E-state index in [0.29, 0.717) is 0 Å². The van der Waals surface area contributed by atoms with Crippen molar-refractivity contribution in [1.29, 1.82) is 0 Å². The summed E-state index contributed by atoms with van der Waals surface area (Å²) in [6.07, 6.45) is 14.5. The minimum absolute atomic E-state index is 0.899. The smallest absolute Gasteiger partial charge is 0.116 e. The molecule has 0 atom stereocenters. The summed E-state index contributed by atoms with van der Waals surface area (Å²) in [5.41, 5.74) is 7.00. The van der Waals surface area contributed by atoms with Crippen molar-refractivity contribution in [3.05, 3.63) is 119 Å². The molecule has 0 amide bonds. The van der Waals surface area contributed by atoms with Crippen LogP contribution in [0.5, 0.6) is 0 Å². The van der Waals surface area contributed by atoms with Gasteiger partial charge in [-0.2, -0.15) is 0 Å². The molecule has 0 N–H and O–H groups in total. The van der Waals surface area contributed by atoms with E-state index in [0.717, 1.165) is 24.2 Å². The predicted molar refractivity (Wildman–Crippen MR) is 127 cm³/mol. The molecule has 0 bridgehead atoms. The van der Waals surface area contributed by atoms with Crippen LogP contribution in [0.15, 0.2) is 91.3 Å². The van der Waals surface area contributed by atoms with E-state index in [1.54, 1.807) is 6.33 Å². The van der Waals surface area contributed by atoms with Gasteiger partial charge in [-0.05, 0) is 64.1 Å². The number of hydrogen-bond acceptors (Lipinski definition) is 2.